The molecule has 0 saturated carbocycles. The highest BCUT2D eigenvalue weighted by Gasteiger charge is 2.16. The highest BCUT2D eigenvalue weighted by Crippen LogP contribution is 2.14. The second-order valence-corrected chi connectivity index (χ2v) is 5.56. The van der Waals surface area contributed by atoms with Crippen LogP contribution in [0.25, 0.3) is 0 Å². The van der Waals surface area contributed by atoms with Gasteiger partial charge in [0.25, 0.3) is 0 Å². The summed E-state index contributed by atoms with van der Waals surface area (Å²) in [6.07, 6.45) is 1.56. The summed E-state index contributed by atoms with van der Waals surface area (Å²) in [4.78, 5) is 11.7. The van der Waals surface area contributed by atoms with Gasteiger partial charge in [-0.25, -0.2) is 0 Å². The standard InChI is InChI=1S/C13H28N2O/c1-9(2)6-12(8-14)15-13(16)7-11(5)10(3)4/h9-12H,6-8,14H2,1-5H3,(H,15,16). The smallest absolute Gasteiger partial charge is 0.220 e. The fourth-order valence-corrected chi connectivity index (χ4v) is 1.60. The molecule has 0 radical (unpaired) electrons. The summed E-state index contributed by atoms with van der Waals surface area (Å²) in [6.45, 7) is 11.2. The third-order valence-corrected chi connectivity index (χ3v) is 3.05. The van der Waals surface area contributed by atoms with Crippen molar-refractivity contribution < 1.29 is 4.79 Å². The molecular formula is C13H28N2O. The van der Waals surface area contributed by atoms with Gasteiger partial charge in [0.05, 0.1) is 0 Å². The van der Waals surface area contributed by atoms with E-state index in [0.29, 0.717) is 30.7 Å². The molecule has 3 N–H and O–H groups in total. The van der Waals surface area contributed by atoms with E-state index in [9.17, 15) is 4.79 Å². The number of hydrogen-bond acceptors (Lipinski definition) is 2. The first-order valence-electron chi connectivity index (χ1n) is 6.36. The lowest BCUT2D eigenvalue weighted by molar-refractivity contribution is -0.122. The lowest BCUT2D eigenvalue weighted by Gasteiger charge is -2.21. The molecule has 0 heterocycles. The SMILES string of the molecule is CC(C)CC(CN)NC(=O)CC(C)C(C)C. The Morgan fingerprint density at radius 1 is 1.19 bits per heavy atom. The molecule has 0 aromatic carbocycles. The van der Waals surface area contributed by atoms with Crippen LogP contribution in [-0.4, -0.2) is 18.5 Å². The predicted octanol–water partition coefficient (Wildman–Crippen LogP) is 2.16. The number of carbonyl (C=O) groups excluding carboxylic acids is 1. The zero-order chi connectivity index (χ0) is 12.7. The molecule has 1 amide bonds. The average molecular weight is 228 g/mol. The van der Waals surface area contributed by atoms with E-state index < -0.39 is 0 Å². The molecule has 2 atom stereocenters. The topological polar surface area (TPSA) is 55.1 Å². The van der Waals surface area contributed by atoms with Crippen molar-refractivity contribution in [3.8, 4) is 0 Å². The van der Waals surface area contributed by atoms with Gasteiger partial charge in [-0.2, -0.15) is 0 Å². The van der Waals surface area contributed by atoms with Crippen molar-refractivity contribution in [2.75, 3.05) is 6.54 Å². The first-order chi connectivity index (χ1) is 7.36. The second-order valence-electron chi connectivity index (χ2n) is 5.56. The minimum absolute atomic E-state index is 0.131. The molecule has 96 valence electrons. The molecule has 0 bridgehead atoms. The van der Waals surface area contributed by atoms with Crippen LogP contribution >= 0.6 is 0 Å². The molecule has 16 heavy (non-hydrogen) atoms. The van der Waals surface area contributed by atoms with Gasteiger partial charge in [0.15, 0.2) is 0 Å². The molecule has 0 saturated heterocycles. The van der Waals surface area contributed by atoms with Crippen molar-refractivity contribution in [3.63, 3.8) is 0 Å². The van der Waals surface area contributed by atoms with E-state index in [2.05, 4.69) is 39.9 Å². The normalized spacial score (nSPS) is 15.2. The summed E-state index contributed by atoms with van der Waals surface area (Å²) in [5, 5.41) is 3.02. The van der Waals surface area contributed by atoms with E-state index in [-0.39, 0.29) is 11.9 Å². The number of hydrogen-bond donors (Lipinski definition) is 2. The maximum absolute atomic E-state index is 11.7. The molecule has 0 aliphatic rings. The summed E-state index contributed by atoms with van der Waals surface area (Å²) >= 11 is 0. The van der Waals surface area contributed by atoms with Crippen LogP contribution in [-0.2, 0) is 4.79 Å². The van der Waals surface area contributed by atoms with Crippen molar-refractivity contribution in [3.05, 3.63) is 0 Å². The van der Waals surface area contributed by atoms with Crippen LogP contribution in [0.1, 0.15) is 47.5 Å². The highest BCUT2D eigenvalue weighted by molar-refractivity contribution is 5.76. The molecule has 0 rings (SSSR count). The zero-order valence-electron chi connectivity index (χ0n) is 11.4. The van der Waals surface area contributed by atoms with E-state index in [0.717, 1.165) is 6.42 Å². The molecule has 0 aliphatic carbocycles. The number of rotatable bonds is 7. The summed E-state index contributed by atoms with van der Waals surface area (Å²) in [5.41, 5.74) is 5.65. The summed E-state index contributed by atoms with van der Waals surface area (Å²) in [6, 6.07) is 0.131. The van der Waals surface area contributed by atoms with Crippen LogP contribution in [0.2, 0.25) is 0 Å². The molecule has 2 unspecified atom stereocenters. The Bertz CT molecular complexity index is 202. The Labute approximate surface area is 100 Å². The first-order valence-corrected chi connectivity index (χ1v) is 6.36. The number of carbonyl (C=O) groups is 1. The Hall–Kier alpha value is -0.570. The van der Waals surface area contributed by atoms with Crippen LogP contribution in [0.4, 0.5) is 0 Å². The van der Waals surface area contributed by atoms with Crippen molar-refractivity contribution in [1.29, 1.82) is 0 Å². The van der Waals surface area contributed by atoms with Gasteiger partial charge in [-0.05, 0) is 24.2 Å². The number of nitrogens with two attached hydrogens (primary N) is 1. The largest absolute Gasteiger partial charge is 0.352 e. The van der Waals surface area contributed by atoms with Crippen LogP contribution in [0.15, 0.2) is 0 Å². The van der Waals surface area contributed by atoms with Gasteiger partial charge >= 0.3 is 0 Å². The van der Waals surface area contributed by atoms with Crippen molar-refractivity contribution in [1.82, 2.24) is 5.32 Å². The number of nitrogens with one attached hydrogen (secondary N) is 1. The average Bonchev–Trinajstić information content (AvgIpc) is 2.15. The molecule has 0 aromatic heterocycles. The maximum atomic E-state index is 11.7. The third-order valence-electron chi connectivity index (χ3n) is 3.05. The van der Waals surface area contributed by atoms with Crippen LogP contribution in [0, 0.1) is 17.8 Å². The molecule has 3 nitrogen and oxygen atoms in total. The zero-order valence-corrected chi connectivity index (χ0v) is 11.4. The summed E-state index contributed by atoms with van der Waals surface area (Å²) in [7, 11) is 0. The summed E-state index contributed by atoms with van der Waals surface area (Å²) < 4.78 is 0. The lowest BCUT2D eigenvalue weighted by atomic mass is 9.94. The van der Waals surface area contributed by atoms with Crippen LogP contribution in [0.5, 0.6) is 0 Å². The fraction of sp³-hybridized carbons (Fsp3) is 0.923. The molecule has 3 heteroatoms. The van der Waals surface area contributed by atoms with Gasteiger partial charge in [0.1, 0.15) is 0 Å². The Balaban J connectivity index is 4.01. The Kier molecular flexibility index (Phi) is 7.39. The molecule has 0 aromatic rings. The van der Waals surface area contributed by atoms with Crippen molar-refractivity contribution in [2.24, 2.45) is 23.5 Å². The Morgan fingerprint density at radius 3 is 2.12 bits per heavy atom. The van der Waals surface area contributed by atoms with E-state index in [1.54, 1.807) is 0 Å². The van der Waals surface area contributed by atoms with Gasteiger partial charge in [-0.15, -0.1) is 0 Å². The van der Waals surface area contributed by atoms with Crippen molar-refractivity contribution >= 4 is 5.91 Å². The molecule has 0 spiro atoms. The number of amides is 1. The third kappa shape index (κ3) is 6.83. The molecule has 0 fully saturated rings. The minimum Gasteiger partial charge on any atom is -0.352 e. The Morgan fingerprint density at radius 2 is 1.75 bits per heavy atom. The van der Waals surface area contributed by atoms with Gasteiger partial charge in [-0.1, -0.05) is 34.6 Å². The first kappa shape index (κ1) is 15.4. The van der Waals surface area contributed by atoms with Crippen molar-refractivity contribution in [2.45, 2.75) is 53.5 Å². The minimum atomic E-state index is 0.131. The maximum Gasteiger partial charge on any atom is 0.220 e. The van der Waals surface area contributed by atoms with Gasteiger partial charge < -0.3 is 11.1 Å². The second kappa shape index (κ2) is 7.66. The lowest BCUT2D eigenvalue weighted by Crippen LogP contribution is -2.41. The predicted molar refractivity (Wildman–Crippen MR) is 69.1 cm³/mol. The van der Waals surface area contributed by atoms with Gasteiger partial charge in [0.2, 0.25) is 5.91 Å². The van der Waals surface area contributed by atoms with Crippen LogP contribution < -0.4 is 11.1 Å². The van der Waals surface area contributed by atoms with E-state index in [1.807, 2.05) is 0 Å². The van der Waals surface area contributed by atoms with Gasteiger partial charge in [0, 0.05) is 19.0 Å². The van der Waals surface area contributed by atoms with Crippen LogP contribution in [0.3, 0.4) is 0 Å². The fourth-order valence-electron chi connectivity index (χ4n) is 1.60. The van der Waals surface area contributed by atoms with E-state index >= 15 is 0 Å². The molecule has 0 aliphatic heterocycles. The van der Waals surface area contributed by atoms with Gasteiger partial charge in [-0.3, -0.25) is 4.79 Å². The quantitative estimate of drug-likeness (QED) is 0.701. The van der Waals surface area contributed by atoms with E-state index in [4.69, 9.17) is 5.73 Å². The highest BCUT2D eigenvalue weighted by atomic mass is 16.1. The monoisotopic (exact) mass is 228 g/mol. The molecular weight excluding hydrogens is 200 g/mol. The van der Waals surface area contributed by atoms with E-state index in [1.165, 1.54) is 0 Å². The summed E-state index contributed by atoms with van der Waals surface area (Å²) in [5.74, 6) is 1.68.